The summed E-state index contributed by atoms with van der Waals surface area (Å²) in [7, 11) is -1.68. The van der Waals surface area contributed by atoms with Crippen molar-refractivity contribution >= 4 is 21.7 Å². The van der Waals surface area contributed by atoms with Crippen LogP contribution in [0.5, 0.6) is 5.75 Å². The molecule has 0 unspecified atom stereocenters. The van der Waals surface area contributed by atoms with Crippen LogP contribution in [0.15, 0.2) is 29.3 Å². The first-order valence-corrected chi connectivity index (χ1v) is 8.72. The Bertz CT molecular complexity index is 581. The highest BCUT2D eigenvalue weighted by atomic mass is 32.2. The lowest BCUT2D eigenvalue weighted by molar-refractivity contribution is 0.415. The molecule has 7 nitrogen and oxygen atoms in total. The predicted molar refractivity (Wildman–Crippen MR) is 89.8 cm³/mol. The number of anilines is 1. The number of nitrogens with one attached hydrogen (secondary N) is 1. The Morgan fingerprint density at radius 3 is 2.36 bits per heavy atom. The van der Waals surface area contributed by atoms with Gasteiger partial charge in [0, 0.05) is 18.8 Å². The molecule has 0 saturated carbocycles. The zero-order chi connectivity index (χ0) is 16.6. The fourth-order valence-corrected chi connectivity index (χ4v) is 3.26. The van der Waals surface area contributed by atoms with Gasteiger partial charge in [-0.25, -0.2) is 12.7 Å². The summed E-state index contributed by atoms with van der Waals surface area (Å²) in [5, 5.41) is 2.90. The van der Waals surface area contributed by atoms with E-state index in [0.29, 0.717) is 13.1 Å². The third kappa shape index (κ3) is 5.53. The molecule has 124 valence electrons. The lowest BCUT2D eigenvalue weighted by atomic mass is 10.3. The standard InChI is InChI=1S/C14H24N4O3S/c1-4-18(5-2)22(19,20)11-10-16-14(15)17-12-6-8-13(21-3)9-7-12/h6-9H,4-5,10-11H2,1-3H3,(H3,15,16,17). The lowest BCUT2D eigenvalue weighted by Crippen LogP contribution is -2.34. The van der Waals surface area contributed by atoms with Crippen molar-refractivity contribution in [2.24, 2.45) is 10.7 Å². The van der Waals surface area contributed by atoms with Crippen molar-refractivity contribution in [1.29, 1.82) is 0 Å². The molecule has 0 bridgehead atoms. The molecule has 0 fully saturated rings. The van der Waals surface area contributed by atoms with E-state index in [2.05, 4.69) is 10.3 Å². The van der Waals surface area contributed by atoms with Gasteiger partial charge in [-0.3, -0.25) is 4.99 Å². The number of nitrogens with two attached hydrogens (primary N) is 1. The maximum Gasteiger partial charge on any atom is 0.215 e. The van der Waals surface area contributed by atoms with E-state index >= 15 is 0 Å². The van der Waals surface area contributed by atoms with Gasteiger partial charge >= 0.3 is 0 Å². The molecule has 3 N–H and O–H groups in total. The summed E-state index contributed by atoms with van der Waals surface area (Å²) < 4.78 is 30.4. The van der Waals surface area contributed by atoms with Gasteiger partial charge in [-0.1, -0.05) is 13.8 Å². The smallest absolute Gasteiger partial charge is 0.215 e. The van der Waals surface area contributed by atoms with E-state index in [1.165, 1.54) is 4.31 Å². The van der Waals surface area contributed by atoms with Crippen molar-refractivity contribution < 1.29 is 13.2 Å². The van der Waals surface area contributed by atoms with Gasteiger partial charge in [0.2, 0.25) is 10.0 Å². The monoisotopic (exact) mass is 328 g/mol. The maximum absolute atomic E-state index is 12.0. The molecular formula is C14H24N4O3S. The molecule has 0 radical (unpaired) electrons. The zero-order valence-corrected chi connectivity index (χ0v) is 14.1. The Labute approximate surface area is 132 Å². The fourth-order valence-electron chi connectivity index (χ4n) is 1.89. The van der Waals surface area contributed by atoms with Crippen molar-refractivity contribution in [2.75, 3.05) is 37.8 Å². The van der Waals surface area contributed by atoms with Crippen LogP contribution in [0.2, 0.25) is 0 Å². The van der Waals surface area contributed by atoms with Gasteiger partial charge in [0.15, 0.2) is 5.96 Å². The number of hydrogen-bond donors (Lipinski definition) is 2. The van der Waals surface area contributed by atoms with Crippen molar-refractivity contribution in [3.8, 4) is 5.75 Å². The highest BCUT2D eigenvalue weighted by Crippen LogP contribution is 2.14. The Kier molecular flexibility index (Phi) is 7.13. The molecule has 0 spiro atoms. The van der Waals surface area contributed by atoms with Crippen molar-refractivity contribution in [3.63, 3.8) is 0 Å². The number of hydrogen-bond acceptors (Lipinski definition) is 4. The molecule has 1 rings (SSSR count). The average Bonchev–Trinajstić information content (AvgIpc) is 2.48. The molecule has 8 heteroatoms. The summed E-state index contributed by atoms with van der Waals surface area (Å²) in [4.78, 5) is 4.04. The number of guanidine groups is 1. The van der Waals surface area contributed by atoms with Gasteiger partial charge in [0.1, 0.15) is 5.75 Å². The molecular weight excluding hydrogens is 304 g/mol. The Hall–Kier alpha value is -1.80. The fraction of sp³-hybridized carbons (Fsp3) is 0.500. The maximum atomic E-state index is 12.0. The first-order valence-electron chi connectivity index (χ1n) is 7.11. The summed E-state index contributed by atoms with van der Waals surface area (Å²) in [6, 6.07) is 7.18. The van der Waals surface area contributed by atoms with E-state index in [4.69, 9.17) is 10.5 Å². The van der Waals surface area contributed by atoms with E-state index in [9.17, 15) is 8.42 Å². The second-order valence-corrected chi connectivity index (χ2v) is 6.61. The van der Waals surface area contributed by atoms with Gasteiger partial charge in [-0.2, -0.15) is 0 Å². The average molecular weight is 328 g/mol. The quantitative estimate of drug-likeness (QED) is 0.550. The molecule has 0 atom stereocenters. The number of sulfonamides is 1. The zero-order valence-electron chi connectivity index (χ0n) is 13.2. The molecule has 0 aliphatic heterocycles. The lowest BCUT2D eigenvalue weighted by Gasteiger charge is -2.17. The van der Waals surface area contributed by atoms with Crippen molar-refractivity contribution in [1.82, 2.24) is 4.31 Å². The van der Waals surface area contributed by atoms with Crippen LogP contribution in [0, 0.1) is 0 Å². The minimum atomic E-state index is -3.27. The van der Waals surface area contributed by atoms with E-state index in [-0.39, 0.29) is 18.3 Å². The van der Waals surface area contributed by atoms with Gasteiger partial charge < -0.3 is 15.8 Å². The topological polar surface area (TPSA) is 97.0 Å². The summed E-state index contributed by atoms with van der Waals surface area (Å²) in [5.74, 6) is 0.867. The van der Waals surface area contributed by atoms with E-state index in [0.717, 1.165) is 11.4 Å². The van der Waals surface area contributed by atoms with Crippen LogP contribution in [0.25, 0.3) is 0 Å². The van der Waals surface area contributed by atoms with Crippen molar-refractivity contribution in [2.45, 2.75) is 13.8 Å². The first kappa shape index (κ1) is 18.2. The van der Waals surface area contributed by atoms with E-state index in [1.807, 2.05) is 13.8 Å². The van der Waals surface area contributed by atoms with Gasteiger partial charge in [0.05, 0.1) is 19.4 Å². The second kappa shape index (κ2) is 8.60. The van der Waals surface area contributed by atoms with Crippen LogP contribution >= 0.6 is 0 Å². The summed E-state index contributed by atoms with van der Waals surface area (Å²) in [5.41, 5.74) is 6.50. The largest absolute Gasteiger partial charge is 0.497 e. The third-order valence-corrected chi connectivity index (χ3v) is 5.09. The summed E-state index contributed by atoms with van der Waals surface area (Å²) in [6.07, 6.45) is 0. The number of ether oxygens (including phenoxy) is 1. The van der Waals surface area contributed by atoms with Crippen molar-refractivity contribution in [3.05, 3.63) is 24.3 Å². The minimum absolute atomic E-state index is 0.0559. The van der Waals surface area contributed by atoms with Crippen LogP contribution in [-0.4, -0.2) is 51.2 Å². The molecule has 0 amide bonds. The molecule has 1 aromatic rings. The molecule has 1 aromatic carbocycles. The Balaban J connectivity index is 2.55. The molecule has 0 aromatic heterocycles. The number of nitrogens with zero attached hydrogens (tertiary/aromatic N) is 2. The van der Waals surface area contributed by atoms with Gasteiger partial charge in [-0.05, 0) is 24.3 Å². The first-order chi connectivity index (χ1) is 10.4. The molecule has 0 aliphatic carbocycles. The SMILES string of the molecule is CCN(CC)S(=O)(=O)CCN=C(N)Nc1ccc(OC)cc1. The van der Waals surface area contributed by atoms with Crippen LogP contribution in [0.3, 0.4) is 0 Å². The van der Waals surface area contributed by atoms with E-state index < -0.39 is 10.0 Å². The van der Waals surface area contributed by atoms with Crippen LogP contribution in [-0.2, 0) is 10.0 Å². The molecule has 0 aliphatic rings. The normalized spacial score (nSPS) is 12.5. The van der Waals surface area contributed by atoms with Crippen LogP contribution < -0.4 is 15.8 Å². The minimum Gasteiger partial charge on any atom is -0.497 e. The second-order valence-electron chi connectivity index (χ2n) is 4.52. The molecule has 22 heavy (non-hydrogen) atoms. The predicted octanol–water partition coefficient (Wildman–Crippen LogP) is 1.09. The molecule has 0 saturated heterocycles. The Morgan fingerprint density at radius 2 is 1.86 bits per heavy atom. The van der Waals surface area contributed by atoms with Gasteiger partial charge in [0.25, 0.3) is 0 Å². The Morgan fingerprint density at radius 1 is 1.27 bits per heavy atom. The highest BCUT2D eigenvalue weighted by Gasteiger charge is 2.17. The molecule has 0 heterocycles. The van der Waals surface area contributed by atoms with Crippen LogP contribution in [0.1, 0.15) is 13.8 Å². The third-order valence-electron chi connectivity index (χ3n) is 3.09. The number of aliphatic imine (C=N–C) groups is 1. The summed E-state index contributed by atoms with van der Waals surface area (Å²) >= 11 is 0. The van der Waals surface area contributed by atoms with Gasteiger partial charge in [-0.15, -0.1) is 0 Å². The highest BCUT2D eigenvalue weighted by molar-refractivity contribution is 7.89. The number of benzene rings is 1. The summed E-state index contributed by atoms with van der Waals surface area (Å²) in [6.45, 7) is 4.66. The van der Waals surface area contributed by atoms with E-state index in [1.54, 1.807) is 31.4 Å². The van der Waals surface area contributed by atoms with Crippen LogP contribution in [0.4, 0.5) is 5.69 Å². The number of rotatable bonds is 8. The number of methoxy groups -OCH3 is 1.